The molecule has 0 aliphatic heterocycles. The third-order valence-corrected chi connectivity index (χ3v) is 3.34. The smallest absolute Gasteiger partial charge is 0.0640 e. The van der Waals surface area contributed by atoms with E-state index in [1.54, 1.807) is 4.68 Å². The van der Waals surface area contributed by atoms with Gasteiger partial charge in [0.05, 0.1) is 19.3 Å². The zero-order chi connectivity index (χ0) is 14.4. The van der Waals surface area contributed by atoms with E-state index < -0.39 is 0 Å². The molecule has 108 valence electrons. The van der Waals surface area contributed by atoms with Crippen molar-refractivity contribution < 1.29 is 5.11 Å². The summed E-state index contributed by atoms with van der Waals surface area (Å²) in [5.41, 5.74) is 2.35. The molecule has 1 aromatic heterocycles. The fourth-order valence-corrected chi connectivity index (χ4v) is 2.32. The largest absolute Gasteiger partial charge is 0.394 e. The van der Waals surface area contributed by atoms with E-state index >= 15 is 0 Å². The predicted octanol–water partition coefficient (Wildman–Crippen LogP) is 2.25. The van der Waals surface area contributed by atoms with Gasteiger partial charge in [0.25, 0.3) is 0 Å². The van der Waals surface area contributed by atoms with Gasteiger partial charge < -0.3 is 10.4 Å². The molecule has 1 aromatic carbocycles. The fraction of sp³-hybridized carbons (Fsp3) is 0.400. The molecule has 2 rings (SSSR count). The summed E-state index contributed by atoms with van der Waals surface area (Å²) < 4.78 is 1.75. The van der Waals surface area contributed by atoms with Crippen LogP contribution in [0, 0.1) is 0 Å². The zero-order valence-corrected chi connectivity index (χ0v) is 12.3. The Balaban J connectivity index is 1.80. The van der Waals surface area contributed by atoms with Gasteiger partial charge in [0.15, 0.2) is 0 Å². The van der Waals surface area contributed by atoms with E-state index in [-0.39, 0.29) is 6.61 Å². The number of nitrogens with zero attached hydrogens (tertiary/aromatic N) is 2. The van der Waals surface area contributed by atoms with Crippen LogP contribution < -0.4 is 5.32 Å². The lowest BCUT2D eigenvalue weighted by Crippen LogP contribution is -2.27. The van der Waals surface area contributed by atoms with Crippen LogP contribution in [-0.4, -0.2) is 27.5 Å². The Labute approximate surface area is 124 Å². The minimum Gasteiger partial charge on any atom is -0.394 e. The Kier molecular flexibility index (Phi) is 5.59. The Morgan fingerprint density at radius 1 is 1.40 bits per heavy atom. The molecule has 0 saturated carbocycles. The highest BCUT2D eigenvalue weighted by molar-refractivity contribution is 6.30. The minimum atomic E-state index is 0.111. The molecule has 0 spiro atoms. The van der Waals surface area contributed by atoms with Crippen molar-refractivity contribution in [3.05, 3.63) is 52.8 Å². The number of aliphatic hydroxyl groups is 1. The third kappa shape index (κ3) is 4.63. The highest BCUT2D eigenvalue weighted by Crippen LogP contribution is 2.12. The van der Waals surface area contributed by atoms with Crippen LogP contribution in [0.3, 0.4) is 0 Å². The molecule has 2 N–H and O–H groups in total. The van der Waals surface area contributed by atoms with Crippen molar-refractivity contribution in [1.82, 2.24) is 15.1 Å². The topological polar surface area (TPSA) is 50.1 Å². The van der Waals surface area contributed by atoms with Gasteiger partial charge in [-0.1, -0.05) is 23.7 Å². The molecular weight excluding hydrogens is 274 g/mol. The number of hydrogen-bond acceptors (Lipinski definition) is 3. The molecule has 5 heteroatoms. The molecule has 0 saturated heterocycles. The highest BCUT2D eigenvalue weighted by Gasteiger charge is 2.05. The van der Waals surface area contributed by atoms with E-state index in [1.807, 2.05) is 30.6 Å². The van der Waals surface area contributed by atoms with E-state index in [2.05, 4.69) is 23.4 Å². The number of nitrogens with one attached hydrogen (secondary N) is 1. The molecule has 20 heavy (non-hydrogen) atoms. The van der Waals surface area contributed by atoms with Crippen molar-refractivity contribution in [2.45, 2.75) is 32.5 Å². The van der Waals surface area contributed by atoms with Crippen molar-refractivity contribution in [2.75, 3.05) is 6.61 Å². The molecular formula is C15H20ClN3O. The molecule has 1 heterocycles. The lowest BCUT2D eigenvalue weighted by atomic mass is 10.1. The van der Waals surface area contributed by atoms with Gasteiger partial charge in [-0.2, -0.15) is 5.10 Å². The number of benzene rings is 1. The molecule has 0 bridgehead atoms. The fourth-order valence-electron chi connectivity index (χ4n) is 2.10. The van der Waals surface area contributed by atoms with Crippen LogP contribution in [0.5, 0.6) is 0 Å². The second kappa shape index (κ2) is 7.43. The Morgan fingerprint density at radius 3 is 3.00 bits per heavy atom. The molecule has 0 amide bonds. The van der Waals surface area contributed by atoms with Crippen LogP contribution in [0.4, 0.5) is 0 Å². The summed E-state index contributed by atoms with van der Waals surface area (Å²) in [5.74, 6) is 0. The second-order valence-electron chi connectivity index (χ2n) is 4.95. The zero-order valence-electron chi connectivity index (χ0n) is 11.6. The van der Waals surface area contributed by atoms with Gasteiger partial charge in [0, 0.05) is 29.4 Å². The van der Waals surface area contributed by atoms with Gasteiger partial charge in [0.2, 0.25) is 0 Å². The molecule has 1 unspecified atom stereocenters. The summed E-state index contributed by atoms with van der Waals surface area (Å²) in [6, 6.07) is 8.30. The van der Waals surface area contributed by atoms with Crippen molar-refractivity contribution in [3.8, 4) is 0 Å². The standard InChI is InChI=1S/C15H20ClN3O/c1-12(7-13-3-2-4-15(16)8-13)17-9-14-10-18-19(11-14)5-6-20/h2-4,8,10-12,17,20H,5-7,9H2,1H3. The van der Waals surface area contributed by atoms with Crippen LogP contribution in [0.2, 0.25) is 5.02 Å². The first-order chi connectivity index (χ1) is 9.67. The Hall–Kier alpha value is -1.36. The summed E-state index contributed by atoms with van der Waals surface area (Å²) in [6.45, 7) is 3.57. The van der Waals surface area contributed by atoms with Gasteiger partial charge >= 0.3 is 0 Å². The third-order valence-electron chi connectivity index (χ3n) is 3.10. The molecule has 2 aromatic rings. The monoisotopic (exact) mass is 293 g/mol. The summed E-state index contributed by atoms with van der Waals surface area (Å²) in [5, 5.41) is 17.3. The van der Waals surface area contributed by atoms with Gasteiger partial charge in [0.1, 0.15) is 0 Å². The van der Waals surface area contributed by atoms with Gasteiger partial charge in [-0.25, -0.2) is 0 Å². The van der Waals surface area contributed by atoms with Crippen LogP contribution in [-0.2, 0) is 19.5 Å². The van der Waals surface area contributed by atoms with E-state index in [4.69, 9.17) is 16.7 Å². The quantitative estimate of drug-likeness (QED) is 0.823. The summed E-state index contributed by atoms with van der Waals surface area (Å²) in [7, 11) is 0. The van der Waals surface area contributed by atoms with Crippen LogP contribution in [0.1, 0.15) is 18.1 Å². The molecule has 0 fully saturated rings. The molecule has 1 atom stereocenters. The van der Waals surface area contributed by atoms with E-state index in [1.165, 1.54) is 5.56 Å². The van der Waals surface area contributed by atoms with Crippen molar-refractivity contribution in [3.63, 3.8) is 0 Å². The van der Waals surface area contributed by atoms with Gasteiger partial charge in [-0.05, 0) is 31.0 Å². The summed E-state index contributed by atoms with van der Waals surface area (Å²) in [4.78, 5) is 0. The average Bonchev–Trinajstić information content (AvgIpc) is 2.85. The number of rotatable bonds is 7. The van der Waals surface area contributed by atoms with E-state index in [0.717, 1.165) is 23.6 Å². The average molecular weight is 294 g/mol. The number of halogens is 1. The van der Waals surface area contributed by atoms with Crippen LogP contribution >= 0.6 is 11.6 Å². The number of hydrogen-bond donors (Lipinski definition) is 2. The second-order valence-corrected chi connectivity index (χ2v) is 5.39. The maximum atomic E-state index is 8.85. The molecule has 0 aliphatic carbocycles. The first-order valence-corrected chi connectivity index (χ1v) is 7.15. The van der Waals surface area contributed by atoms with Crippen molar-refractivity contribution >= 4 is 11.6 Å². The van der Waals surface area contributed by atoms with Gasteiger partial charge in [-0.15, -0.1) is 0 Å². The number of aliphatic hydroxyl groups excluding tert-OH is 1. The maximum Gasteiger partial charge on any atom is 0.0640 e. The lowest BCUT2D eigenvalue weighted by molar-refractivity contribution is 0.269. The first kappa shape index (κ1) is 15.0. The first-order valence-electron chi connectivity index (χ1n) is 6.77. The highest BCUT2D eigenvalue weighted by atomic mass is 35.5. The molecule has 4 nitrogen and oxygen atoms in total. The van der Waals surface area contributed by atoms with Crippen molar-refractivity contribution in [1.29, 1.82) is 0 Å². The SMILES string of the molecule is CC(Cc1cccc(Cl)c1)NCc1cnn(CCO)c1. The molecule has 0 aliphatic rings. The normalized spacial score (nSPS) is 12.6. The lowest BCUT2D eigenvalue weighted by Gasteiger charge is -2.13. The van der Waals surface area contributed by atoms with Crippen LogP contribution in [0.15, 0.2) is 36.7 Å². The maximum absolute atomic E-state index is 8.85. The summed E-state index contributed by atoms with van der Waals surface area (Å²) in [6.07, 6.45) is 4.72. The summed E-state index contributed by atoms with van der Waals surface area (Å²) >= 11 is 5.98. The van der Waals surface area contributed by atoms with E-state index in [0.29, 0.717) is 12.6 Å². The predicted molar refractivity (Wildman–Crippen MR) is 80.8 cm³/mol. The van der Waals surface area contributed by atoms with E-state index in [9.17, 15) is 0 Å². The Morgan fingerprint density at radius 2 is 2.25 bits per heavy atom. The molecule has 0 radical (unpaired) electrons. The van der Waals surface area contributed by atoms with Crippen molar-refractivity contribution in [2.24, 2.45) is 0 Å². The number of aromatic nitrogens is 2. The minimum absolute atomic E-state index is 0.111. The van der Waals surface area contributed by atoms with Gasteiger partial charge in [-0.3, -0.25) is 4.68 Å². The van der Waals surface area contributed by atoms with Crippen LogP contribution in [0.25, 0.3) is 0 Å². The Bertz CT molecular complexity index is 541.